The van der Waals surface area contributed by atoms with E-state index in [-0.39, 0.29) is 18.4 Å². The van der Waals surface area contributed by atoms with Crippen LogP contribution < -0.4 is 5.32 Å². The van der Waals surface area contributed by atoms with Crippen molar-refractivity contribution in [2.24, 2.45) is 0 Å². The molecule has 1 atom stereocenters. The van der Waals surface area contributed by atoms with Gasteiger partial charge in [-0.25, -0.2) is 0 Å². The van der Waals surface area contributed by atoms with Crippen LogP contribution in [0.4, 0.5) is 0 Å². The summed E-state index contributed by atoms with van der Waals surface area (Å²) in [7, 11) is 1.65. The number of likely N-dealkylation sites (N-methyl/N-ethyl adjacent to an activating group) is 1. The molecule has 0 saturated carbocycles. The molecule has 100 valence electrons. The maximum absolute atomic E-state index is 11.7. The van der Waals surface area contributed by atoms with Crippen molar-refractivity contribution in [3.63, 3.8) is 0 Å². The molecule has 0 saturated heterocycles. The van der Waals surface area contributed by atoms with Gasteiger partial charge in [0.15, 0.2) is 0 Å². The first-order valence-electron chi connectivity index (χ1n) is 5.73. The molecule has 1 aromatic heterocycles. The van der Waals surface area contributed by atoms with Crippen molar-refractivity contribution in [3.8, 4) is 0 Å². The van der Waals surface area contributed by atoms with Crippen molar-refractivity contribution < 1.29 is 14.7 Å². The summed E-state index contributed by atoms with van der Waals surface area (Å²) in [5, 5.41) is 15.2. The second-order valence-corrected chi connectivity index (χ2v) is 4.93. The first-order chi connectivity index (χ1) is 8.50. The highest BCUT2D eigenvalue weighted by atomic mass is 32.1. The van der Waals surface area contributed by atoms with E-state index in [4.69, 9.17) is 5.11 Å². The summed E-state index contributed by atoms with van der Waals surface area (Å²) >= 11 is 1.44. The van der Waals surface area contributed by atoms with E-state index in [9.17, 15) is 9.59 Å². The molecule has 0 bridgehead atoms. The number of carbonyl (C=O) groups excluding carboxylic acids is 2. The number of hydrogen-bond donors (Lipinski definition) is 2. The molecule has 0 radical (unpaired) electrons. The van der Waals surface area contributed by atoms with Gasteiger partial charge < -0.3 is 15.3 Å². The Hall–Kier alpha value is -1.40. The standard InChI is InChI=1S/C12H18N2O3S/c1-9(15)3-5-14(2)11(16)7-13-12(17)10-4-6-18-8-10/h4,6,8-9,15H,3,5,7H2,1-2H3,(H,13,17). The summed E-state index contributed by atoms with van der Waals surface area (Å²) in [4.78, 5) is 24.7. The van der Waals surface area contributed by atoms with Crippen LogP contribution in [0.2, 0.25) is 0 Å². The summed E-state index contributed by atoms with van der Waals surface area (Å²) < 4.78 is 0. The fourth-order valence-electron chi connectivity index (χ4n) is 1.29. The average Bonchev–Trinajstić information content (AvgIpc) is 2.86. The maximum Gasteiger partial charge on any atom is 0.252 e. The third-order valence-electron chi connectivity index (χ3n) is 2.49. The summed E-state index contributed by atoms with van der Waals surface area (Å²) in [5.41, 5.74) is 0.569. The third kappa shape index (κ3) is 4.85. The number of aliphatic hydroxyl groups excluding tert-OH is 1. The smallest absolute Gasteiger partial charge is 0.252 e. The lowest BCUT2D eigenvalue weighted by atomic mass is 10.2. The molecule has 6 heteroatoms. The zero-order chi connectivity index (χ0) is 13.5. The Morgan fingerprint density at radius 2 is 2.28 bits per heavy atom. The van der Waals surface area contributed by atoms with Crippen molar-refractivity contribution in [1.29, 1.82) is 0 Å². The number of aliphatic hydroxyl groups is 1. The van der Waals surface area contributed by atoms with Gasteiger partial charge in [-0.15, -0.1) is 0 Å². The molecule has 0 spiro atoms. The highest BCUT2D eigenvalue weighted by Gasteiger charge is 2.12. The molecule has 1 heterocycles. The second kappa shape index (κ2) is 7.13. The molecular weight excluding hydrogens is 252 g/mol. The Morgan fingerprint density at radius 1 is 1.56 bits per heavy atom. The number of rotatable bonds is 6. The van der Waals surface area contributed by atoms with Crippen molar-refractivity contribution in [3.05, 3.63) is 22.4 Å². The Balaban J connectivity index is 2.30. The van der Waals surface area contributed by atoms with Crippen LogP contribution in [0, 0.1) is 0 Å². The first kappa shape index (κ1) is 14.7. The van der Waals surface area contributed by atoms with Gasteiger partial charge in [-0.05, 0) is 24.8 Å². The lowest BCUT2D eigenvalue weighted by Gasteiger charge is -2.18. The minimum absolute atomic E-state index is 0.0228. The van der Waals surface area contributed by atoms with Crippen molar-refractivity contribution in [2.45, 2.75) is 19.4 Å². The van der Waals surface area contributed by atoms with E-state index in [0.717, 1.165) is 0 Å². The van der Waals surface area contributed by atoms with E-state index in [2.05, 4.69) is 5.32 Å². The van der Waals surface area contributed by atoms with Gasteiger partial charge in [0.1, 0.15) is 0 Å². The molecule has 0 fully saturated rings. The summed E-state index contributed by atoms with van der Waals surface area (Å²) in [6.45, 7) is 2.13. The molecule has 5 nitrogen and oxygen atoms in total. The predicted octanol–water partition coefficient (Wildman–Crippen LogP) is 0.707. The lowest BCUT2D eigenvalue weighted by molar-refractivity contribution is -0.129. The Kier molecular flexibility index (Phi) is 5.80. The van der Waals surface area contributed by atoms with E-state index in [0.29, 0.717) is 18.5 Å². The highest BCUT2D eigenvalue weighted by molar-refractivity contribution is 7.08. The number of amides is 2. The fraction of sp³-hybridized carbons (Fsp3) is 0.500. The number of nitrogens with zero attached hydrogens (tertiary/aromatic N) is 1. The van der Waals surface area contributed by atoms with Crippen molar-refractivity contribution >= 4 is 23.2 Å². The zero-order valence-corrected chi connectivity index (χ0v) is 11.4. The van der Waals surface area contributed by atoms with Crippen LogP contribution >= 0.6 is 11.3 Å². The molecule has 1 unspecified atom stereocenters. The van der Waals surface area contributed by atoms with Crippen LogP contribution in [0.3, 0.4) is 0 Å². The Labute approximate surface area is 110 Å². The van der Waals surface area contributed by atoms with Gasteiger partial charge in [-0.3, -0.25) is 9.59 Å². The minimum Gasteiger partial charge on any atom is -0.393 e. The Bertz CT molecular complexity index is 390. The van der Waals surface area contributed by atoms with Crippen LogP contribution in [-0.2, 0) is 4.79 Å². The van der Waals surface area contributed by atoms with Crippen LogP contribution in [0.25, 0.3) is 0 Å². The summed E-state index contributed by atoms with van der Waals surface area (Å²) in [6.07, 6.45) is 0.0985. The largest absolute Gasteiger partial charge is 0.393 e. The second-order valence-electron chi connectivity index (χ2n) is 4.15. The molecule has 1 rings (SSSR count). The molecule has 0 aromatic carbocycles. The molecule has 1 aromatic rings. The molecule has 0 aliphatic carbocycles. The molecule has 2 N–H and O–H groups in total. The highest BCUT2D eigenvalue weighted by Crippen LogP contribution is 2.05. The van der Waals surface area contributed by atoms with Gasteiger partial charge in [-0.2, -0.15) is 11.3 Å². The van der Waals surface area contributed by atoms with E-state index < -0.39 is 6.10 Å². The van der Waals surface area contributed by atoms with Crippen LogP contribution in [-0.4, -0.2) is 48.1 Å². The van der Waals surface area contributed by atoms with Gasteiger partial charge >= 0.3 is 0 Å². The topological polar surface area (TPSA) is 69.6 Å². The quantitative estimate of drug-likeness (QED) is 0.799. The molecule has 2 amide bonds. The third-order valence-corrected chi connectivity index (χ3v) is 3.17. The minimum atomic E-state index is -0.430. The molecular formula is C12H18N2O3S. The monoisotopic (exact) mass is 270 g/mol. The van der Waals surface area contributed by atoms with Crippen LogP contribution in [0.15, 0.2) is 16.8 Å². The van der Waals surface area contributed by atoms with E-state index >= 15 is 0 Å². The predicted molar refractivity (Wildman–Crippen MR) is 70.6 cm³/mol. The maximum atomic E-state index is 11.7. The number of nitrogens with one attached hydrogen (secondary N) is 1. The Morgan fingerprint density at radius 3 is 2.83 bits per heavy atom. The summed E-state index contributed by atoms with van der Waals surface area (Å²) in [6, 6.07) is 1.71. The van der Waals surface area contributed by atoms with Crippen LogP contribution in [0.1, 0.15) is 23.7 Å². The van der Waals surface area contributed by atoms with E-state index in [1.807, 2.05) is 5.38 Å². The van der Waals surface area contributed by atoms with Crippen LogP contribution in [0.5, 0.6) is 0 Å². The fourth-order valence-corrected chi connectivity index (χ4v) is 1.93. The van der Waals surface area contributed by atoms with E-state index in [1.54, 1.807) is 25.4 Å². The van der Waals surface area contributed by atoms with Gasteiger partial charge in [0.05, 0.1) is 12.6 Å². The number of thiophene rings is 1. The van der Waals surface area contributed by atoms with Gasteiger partial charge in [0.25, 0.3) is 5.91 Å². The lowest BCUT2D eigenvalue weighted by Crippen LogP contribution is -2.39. The van der Waals surface area contributed by atoms with Gasteiger partial charge in [0.2, 0.25) is 5.91 Å². The SMILES string of the molecule is CC(O)CCN(C)C(=O)CNC(=O)c1ccsc1. The molecule has 18 heavy (non-hydrogen) atoms. The normalized spacial score (nSPS) is 11.9. The number of hydrogen-bond acceptors (Lipinski definition) is 4. The van der Waals surface area contributed by atoms with Crippen molar-refractivity contribution in [1.82, 2.24) is 10.2 Å². The van der Waals surface area contributed by atoms with Crippen molar-refractivity contribution in [2.75, 3.05) is 20.1 Å². The summed E-state index contributed by atoms with van der Waals surface area (Å²) in [5.74, 6) is -0.409. The van der Waals surface area contributed by atoms with E-state index in [1.165, 1.54) is 16.2 Å². The molecule has 0 aliphatic rings. The molecule has 0 aliphatic heterocycles. The van der Waals surface area contributed by atoms with Gasteiger partial charge in [0, 0.05) is 24.5 Å². The number of carbonyl (C=O) groups is 2. The first-order valence-corrected chi connectivity index (χ1v) is 6.67. The average molecular weight is 270 g/mol. The van der Waals surface area contributed by atoms with Gasteiger partial charge in [-0.1, -0.05) is 0 Å². The zero-order valence-electron chi connectivity index (χ0n) is 10.5.